The van der Waals surface area contributed by atoms with Crippen LogP contribution in [0, 0.1) is 0 Å². The van der Waals surface area contributed by atoms with E-state index in [1.165, 1.54) is 0 Å². The molecule has 0 radical (unpaired) electrons. The smallest absolute Gasteiger partial charge is 0.303 e. The predicted molar refractivity (Wildman–Crippen MR) is 79.7 cm³/mol. The van der Waals surface area contributed by atoms with Crippen LogP contribution in [-0.4, -0.2) is 43.4 Å². The summed E-state index contributed by atoms with van der Waals surface area (Å²) in [6.45, 7) is 4.13. The number of pyridine rings is 1. The Kier molecular flexibility index (Phi) is 5.33. The summed E-state index contributed by atoms with van der Waals surface area (Å²) >= 11 is 0. The molecule has 0 saturated carbocycles. The van der Waals surface area contributed by atoms with E-state index in [-0.39, 0.29) is 6.04 Å². The predicted octanol–water partition coefficient (Wildman–Crippen LogP) is 1.20. The summed E-state index contributed by atoms with van der Waals surface area (Å²) in [5, 5.41) is 3.23. The molecule has 2 N–H and O–H groups in total. The van der Waals surface area contributed by atoms with E-state index < -0.39 is 10.2 Å². The lowest BCUT2D eigenvalue weighted by atomic mass is 10.1. The summed E-state index contributed by atoms with van der Waals surface area (Å²) in [5.41, 5.74) is 0. The van der Waals surface area contributed by atoms with Crippen LogP contribution < -0.4 is 10.0 Å². The van der Waals surface area contributed by atoms with Crippen LogP contribution >= 0.6 is 0 Å². The summed E-state index contributed by atoms with van der Waals surface area (Å²) in [6.07, 6.45) is 4.46. The lowest BCUT2D eigenvalue weighted by Gasteiger charge is -2.34. The quantitative estimate of drug-likeness (QED) is 0.827. The molecule has 0 bridgehead atoms. The zero-order valence-electron chi connectivity index (χ0n) is 11.7. The Morgan fingerprint density at radius 1 is 1.40 bits per heavy atom. The maximum absolute atomic E-state index is 12.5. The molecular weight excluding hydrogens is 276 g/mol. The van der Waals surface area contributed by atoms with E-state index in [1.54, 1.807) is 28.7 Å². The molecule has 1 atom stereocenters. The van der Waals surface area contributed by atoms with E-state index in [2.05, 4.69) is 15.0 Å². The average molecular weight is 298 g/mol. The molecule has 1 aromatic heterocycles. The third-order valence-electron chi connectivity index (χ3n) is 3.41. The van der Waals surface area contributed by atoms with E-state index in [1.807, 2.05) is 6.92 Å². The van der Waals surface area contributed by atoms with Gasteiger partial charge in [-0.3, -0.25) is 4.72 Å². The van der Waals surface area contributed by atoms with Gasteiger partial charge in [0.1, 0.15) is 5.82 Å². The molecule has 112 valence electrons. The Labute approximate surface area is 120 Å². The van der Waals surface area contributed by atoms with E-state index in [9.17, 15) is 8.42 Å². The normalized spacial score (nSPS) is 20.8. The van der Waals surface area contributed by atoms with Gasteiger partial charge in [-0.1, -0.05) is 19.4 Å². The highest BCUT2D eigenvalue weighted by Crippen LogP contribution is 2.21. The van der Waals surface area contributed by atoms with Crippen molar-refractivity contribution in [2.45, 2.75) is 32.2 Å². The van der Waals surface area contributed by atoms with Crippen LogP contribution in [0.15, 0.2) is 24.4 Å². The van der Waals surface area contributed by atoms with Crippen molar-refractivity contribution in [3.05, 3.63) is 24.4 Å². The minimum Gasteiger partial charge on any atom is -0.315 e. The summed E-state index contributed by atoms with van der Waals surface area (Å²) in [7, 11) is -3.54. The average Bonchev–Trinajstić information content (AvgIpc) is 2.46. The molecule has 1 aliphatic heterocycles. The molecule has 1 unspecified atom stereocenters. The van der Waals surface area contributed by atoms with Gasteiger partial charge in [0.15, 0.2) is 0 Å². The zero-order chi connectivity index (χ0) is 14.4. The highest BCUT2D eigenvalue weighted by atomic mass is 32.2. The van der Waals surface area contributed by atoms with Gasteiger partial charge in [0.2, 0.25) is 0 Å². The molecule has 0 aliphatic carbocycles. The largest absolute Gasteiger partial charge is 0.315 e. The summed E-state index contributed by atoms with van der Waals surface area (Å²) < 4.78 is 29.1. The molecule has 1 aliphatic rings. The third kappa shape index (κ3) is 3.91. The Morgan fingerprint density at radius 2 is 2.25 bits per heavy atom. The van der Waals surface area contributed by atoms with E-state index >= 15 is 0 Å². The number of likely N-dealkylation sites (N-methyl/N-ethyl adjacent to an activating group) is 1. The Hall–Kier alpha value is -1.18. The molecule has 0 amide bonds. The number of nitrogens with one attached hydrogen (secondary N) is 2. The second kappa shape index (κ2) is 7.01. The first-order valence-corrected chi connectivity index (χ1v) is 8.49. The Bertz CT molecular complexity index is 506. The van der Waals surface area contributed by atoms with Crippen molar-refractivity contribution >= 4 is 16.0 Å². The molecule has 7 heteroatoms. The summed E-state index contributed by atoms with van der Waals surface area (Å²) in [5.74, 6) is 0.361. The molecule has 6 nitrogen and oxygen atoms in total. The molecule has 0 aromatic carbocycles. The molecule has 1 fully saturated rings. The first-order valence-electron chi connectivity index (χ1n) is 7.05. The van der Waals surface area contributed by atoms with Crippen molar-refractivity contribution < 1.29 is 8.42 Å². The lowest BCUT2D eigenvalue weighted by Crippen LogP contribution is -2.50. The van der Waals surface area contributed by atoms with Crippen molar-refractivity contribution in [3.8, 4) is 0 Å². The van der Waals surface area contributed by atoms with Gasteiger partial charge in [-0.2, -0.15) is 12.7 Å². The highest BCUT2D eigenvalue weighted by molar-refractivity contribution is 7.90. The summed E-state index contributed by atoms with van der Waals surface area (Å²) in [6, 6.07) is 5.19. The number of rotatable bonds is 6. The summed E-state index contributed by atoms with van der Waals surface area (Å²) in [4.78, 5) is 4.01. The van der Waals surface area contributed by atoms with Crippen LogP contribution in [-0.2, 0) is 10.2 Å². The fourth-order valence-electron chi connectivity index (χ4n) is 2.42. The Balaban J connectivity index is 2.09. The zero-order valence-corrected chi connectivity index (χ0v) is 12.6. The second-order valence-corrected chi connectivity index (χ2v) is 6.51. The molecule has 1 saturated heterocycles. The second-order valence-electron chi connectivity index (χ2n) is 4.89. The number of piperidine rings is 1. The van der Waals surface area contributed by atoms with Crippen LogP contribution in [0.1, 0.15) is 26.2 Å². The van der Waals surface area contributed by atoms with Gasteiger partial charge in [-0.15, -0.1) is 0 Å². The van der Waals surface area contributed by atoms with Crippen molar-refractivity contribution in [3.63, 3.8) is 0 Å². The molecule has 20 heavy (non-hydrogen) atoms. The van der Waals surface area contributed by atoms with E-state index in [0.717, 1.165) is 25.8 Å². The fraction of sp³-hybridized carbons (Fsp3) is 0.615. The number of aromatic nitrogens is 1. The molecule has 1 aromatic rings. The van der Waals surface area contributed by atoms with Gasteiger partial charge >= 0.3 is 10.2 Å². The monoisotopic (exact) mass is 298 g/mol. The van der Waals surface area contributed by atoms with Crippen molar-refractivity contribution in [2.24, 2.45) is 0 Å². The maximum atomic E-state index is 12.5. The molecule has 2 rings (SSSR count). The fourth-order valence-corrected chi connectivity index (χ4v) is 3.86. The lowest BCUT2D eigenvalue weighted by molar-refractivity contribution is 0.248. The minimum absolute atomic E-state index is 0.0184. The topological polar surface area (TPSA) is 74.3 Å². The van der Waals surface area contributed by atoms with Crippen molar-refractivity contribution in [2.75, 3.05) is 24.4 Å². The molecular formula is C13H22N4O2S. The number of nitrogens with zero attached hydrogens (tertiary/aromatic N) is 2. The maximum Gasteiger partial charge on any atom is 0.303 e. The minimum atomic E-state index is -3.54. The SMILES string of the molecule is CCNCC1CCCCN1S(=O)(=O)Nc1ccccn1. The van der Waals surface area contributed by atoms with Crippen LogP contribution in [0.2, 0.25) is 0 Å². The van der Waals surface area contributed by atoms with Gasteiger partial charge in [0.05, 0.1) is 0 Å². The first kappa shape index (κ1) is 15.2. The standard InChI is InChI=1S/C13H22N4O2S/c1-2-14-11-12-7-4-6-10-17(12)20(18,19)16-13-8-3-5-9-15-13/h3,5,8-9,12,14H,2,4,6-7,10-11H2,1H3,(H,15,16). The third-order valence-corrected chi connectivity index (χ3v) is 4.98. The van der Waals surface area contributed by atoms with Gasteiger partial charge in [-0.05, 0) is 31.5 Å². The van der Waals surface area contributed by atoms with E-state index in [0.29, 0.717) is 18.9 Å². The number of hydrogen-bond donors (Lipinski definition) is 2. The van der Waals surface area contributed by atoms with Crippen LogP contribution in [0.5, 0.6) is 0 Å². The first-order chi connectivity index (χ1) is 9.63. The number of anilines is 1. The van der Waals surface area contributed by atoms with Crippen LogP contribution in [0.4, 0.5) is 5.82 Å². The van der Waals surface area contributed by atoms with Crippen LogP contribution in [0.25, 0.3) is 0 Å². The highest BCUT2D eigenvalue weighted by Gasteiger charge is 2.32. The molecule has 2 heterocycles. The van der Waals surface area contributed by atoms with E-state index in [4.69, 9.17) is 0 Å². The van der Waals surface area contributed by atoms with Gasteiger partial charge < -0.3 is 5.32 Å². The Morgan fingerprint density at radius 3 is 2.95 bits per heavy atom. The van der Waals surface area contributed by atoms with Gasteiger partial charge in [0.25, 0.3) is 0 Å². The van der Waals surface area contributed by atoms with Crippen molar-refractivity contribution in [1.29, 1.82) is 0 Å². The van der Waals surface area contributed by atoms with Crippen molar-refractivity contribution in [1.82, 2.24) is 14.6 Å². The number of hydrogen-bond acceptors (Lipinski definition) is 4. The van der Waals surface area contributed by atoms with Gasteiger partial charge in [0, 0.05) is 25.3 Å². The molecule has 0 spiro atoms. The van der Waals surface area contributed by atoms with Crippen LogP contribution in [0.3, 0.4) is 0 Å². The van der Waals surface area contributed by atoms with Gasteiger partial charge in [-0.25, -0.2) is 4.98 Å².